The van der Waals surface area contributed by atoms with E-state index in [1.807, 2.05) is 19.2 Å². The monoisotopic (exact) mass is 595 g/mol. The topological polar surface area (TPSA) is 186 Å². The van der Waals surface area contributed by atoms with E-state index in [1.165, 1.54) is 13.3 Å². The molecule has 13 heteroatoms. The van der Waals surface area contributed by atoms with E-state index in [-0.39, 0.29) is 44.2 Å². The van der Waals surface area contributed by atoms with Crippen LogP contribution in [-0.2, 0) is 44.0 Å². The summed E-state index contributed by atoms with van der Waals surface area (Å²) in [5.74, 6) is -1.03. The van der Waals surface area contributed by atoms with Crippen LogP contribution in [0.25, 0.3) is 0 Å². The number of hydrogen-bond acceptors (Lipinski definition) is 10. The molecule has 0 unspecified atom stereocenters. The van der Waals surface area contributed by atoms with Crippen molar-refractivity contribution < 1.29 is 39.2 Å². The van der Waals surface area contributed by atoms with Gasteiger partial charge in [0.05, 0.1) is 29.6 Å². The summed E-state index contributed by atoms with van der Waals surface area (Å²) in [4.78, 5) is 47.3. The van der Waals surface area contributed by atoms with Gasteiger partial charge in [0.2, 0.25) is 11.8 Å². The van der Waals surface area contributed by atoms with Crippen LogP contribution in [0, 0.1) is 0 Å². The zero-order valence-corrected chi connectivity index (χ0v) is 24.1. The van der Waals surface area contributed by atoms with Gasteiger partial charge in [-0.05, 0) is 45.0 Å². The second-order valence-corrected chi connectivity index (χ2v) is 11.9. The Morgan fingerprint density at radius 2 is 2.14 bits per heavy atom. The van der Waals surface area contributed by atoms with Crippen LogP contribution in [0.5, 0.6) is 5.75 Å². The fourth-order valence-corrected chi connectivity index (χ4v) is 7.34. The number of esters is 1. The average Bonchev–Trinajstić information content (AvgIpc) is 3.62. The third-order valence-electron chi connectivity index (χ3n) is 9.46. The van der Waals surface area contributed by atoms with Crippen LogP contribution in [0.1, 0.15) is 48.6 Å². The molecule has 13 nitrogen and oxygen atoms in total. The van der Waals surface area contributed by atoms with Crippen molar-refractivity contribution >= 4 is 17.8 Å². The lowest BCUT2D eigenvalue weighted by Gasteiger charge is -2.61. The first-order valence-electron chi connectivity index (χ1n) is 14.6. The number of nitrogens with one attached hydrogen (secondary N) is 3. The van der Waals surface area contributed by atoms with Gasteiger partial charge in [-0.1, -0.05) is 12.1 Å². The standard InChI is InChI=1S/C30H37N5O8/c1-16(37)27(39)32-9-6-23(38)34-20(12-19-13-31-15-33-19)28(40)42-21-5-7-30(41)22-11-17-3-4-18(14-36)25-24(17)29(30,26(21)43-25)8-10-35(22)2/h3-5,13,15-16,20,22,26,36-37,41H,6-12,14H2,1-2H3,(H,31,33)(H,32,39)(H,34,38)/t16-,20-,22+,26-,29-,30+/m0/s1. The lowest BCUT2D eigenvalue weighted by atomic mass is 9.50. The molecule has 230 valence electrons. The lowest BCUT2D eigenvalue weighted by molar-refractivity contribution is -0.170. The minimum Gasteiger partial charge on any atom is -0.481 e. The lowest BCUT2D eigenvalue weighted by Crippen LogP contribution is -2.74. The van der Waals surface area contributed by atoms with Crippen LogP contribution >= 0.6 is 0 Å². The van der Waals surface area contributed by atoms with Crippen molar-refractivity contribution in [2.75, 3.05) is 20.1 Å². The Bertz CT molecular complexity index is 1460. The molecule has 2 aliphatic carbocycles. The van der Waals surface area contributed by atoms with E-state index in [1.54, 1.807) is 12.3 Å². The summed E-state index contributed by atoms with van der Waals surface area (Å²) in [6.07, 6.45) is 4.16. The first-order valence-corrected chi connectivity index (χ1v) is 14.6. The number of H-pyrrole nitrogens is 1. The van der Waals surface area contributed by atoms with Gasteiger partial charge in [-0.2, -0.15) is 0 Å². The third-order valence-corrected chi connectivity index (χ3v) is 9.46. The molecule has 2 amide bonds. The number of ether oxygens (including phenoxy) is 2. The highest BCUT2D eigenvalue weighted by Crippen LogP contribution is 2.64. The molecule has 2 bridgehead atoms. The van der Waals surface area contributed by atoms with Crippen molar-refractivity contribution in [1.82, 2.24) is 25.5 Å². The van der Waals surface area contributed by atoms with Crippen molar-refractivity contribution in [3.05, 3.63) is 58.9 Å². The number of imidazole rings is 1. The Balaban J connectivity index is 1.26. The van der Waals surface area contributed by atoms with Gasteiger partial charge in [-0.3, -0.25) is 9.59 Å². The van der Waals surface area contributed by atoms with Crippen LogP contribution in [0.15, 0.2) is 36.5 Å². The highest BCUT2D eigenvalue weighted by molar-refractivity contribution is 5.86. The number of aromatic nitrogens is 2. The van der Waals surface area contributed by atoms with Crippen molar-refractivity contribution in [3.63, 3.8) is 0 Å². The molecule has 6 N–H and O–H groups in total. The minimum atomic E-state index is -1.20. The molecule has 43 heavy (non-hydrogen) atoms. The predicted molar refractivity (Wildman–Crippen MR) is 150 cm³/mol. The number of aliphatic hydroxyl groups is 3. The van der Waals surface area contributed by atoms with Crippen LogP contribution in [0.3, 0.4) is 0 Å². The van der Waals surface area contributed by atoms with Gasteiger partial charge in [0.1, 0.15) is 23.7 Å². The number of aromatic amines is 1. The van der Waals surface area contributed by atoms with Gasteiger partial charge in [0.25, 0.3) is 0 Å². The number of nitrogens with zero attached hydrogens (tertiary/aromatic N) is 2. The summed E-state index contributed by atoms with van der Waals surface area (Å²) in [5, 5.41) is 37.0. The number of piperidine rings is 1. The van der Waals surface area contributed by atoms with Crippen LogP contribution < -0.4 is 15.4 Å². The molecular formula is C30H37N5O8. The van der Waals surface area contributed by atoms with E-state index >= 15 is 0 Å². The highest BCUT2D eigenvalue weighted by atomic mass is 16.6. The van der Waals surface area contributed by atoms with Gasteiger partial charge in [-0.15, -0.1) is 0 Å². The molecule has 2 aliphatic heterocycles. The van der Waals surface area contributed by atoms with Gasteiger partial charge in [0, 0.05) is 49.2 Å². The zero-order chi connectivity index (χ0) is 30.5. The first kappa shape index (κ1) is 29.3. The van der Waals surface area contributed by atoms with E-state index in [2.05, 4.69) is 25.5 Å². The number of amides is 2. The molecule has 1 aromatic heterocycles. The Hall–Kier alpha value is -3.78. The zero-order valence-electron chi connectivity index (χ0n) is 24.1. The maximum Gasteiger partial charge on any atom is 0.334 e. The summed E-state index contributed by atoms with van der Waals surface area (Å²) in [6, 6.07) is 2.57. The molecule has 2 aromatic rings. The quantitative estimate of drug-likeness (QED) is 0.193. The maximum atomic E-state index is 13.7. The summed E-state index contributed by atoms with van der Waals surface area (Å²) in [5.41, 5.74) is 1.03. The van der Waals surface area contributed by atoms with Gasteiger partial charge in [-0.25, -0.2) is 9.78 Å². The molecule has 1 saturated heterocycles. The number of likely N-dealkylation sites (N-methyl/N-ethyl adjacent to an activating group) is 1. The van der Waals surface area contributed by atoms with E-state index in [4.69, 9.17) is 9.47 Å². The average molecular weight is 596 g/mol. The van der Waals surface area contributed by atoms with Crippen molar-refractivity contribution in [1.29, 1.82) is 0 Å². The molecule has 0 saturated carbocycles. The number of carbonyl (C=O) groups is 3. The van der Waals surface area contributed by atoms with E-state index in [0.29, 0.717) is 36.4 Å². The number of benzene rings is 1. The fourth-order valence-electron chi connectivity index (χ4n) is 7.34. The van der Waals surface area contributed by atoms with Gasteiger partial charge < -0.3 is 45.3 Å². The van der Waals surface area contributed by atoms with E-state index < -0.39 is 47.0 Å². The molecule has 0 radical (unpaired) electrons. The summed E-state index contributed by atoms with van der Waals surface area (Å²) in [7, 11) is 2.01. The normalized spacial score (nSPS) is 28.2. The van der Waals surface area contributed by atoms with Crippen LogP contribution in [0.2, 0.25) is 0 Å². The van der Waals surface area contributed by atoms with Crippen molar-refractivity contribution in [2.45, 2.75) is 80.9 Å². The third kappa shape index (κ3) is 4.71. The Labute approximate surface area is 248 Å². The Kier molecular flexibility index (Phi) is 7.53. The van der Waals surface area contributed by atoms with Crippen molar-refractivity contribution in [2.24, 2.45) is 0 Å². The van der Waals surface area contributed by atoms with Crippen LogP contribution in [-0.4, -0.2) is 98.0 Å². The molecule has 1 fully saturated rings. The maximum absolute atomic E-state index is 13.7. The smallest absolute Gasteiger partial charge is 0.334 e. The number of aliphatic hydroxyl groups excluding tert-OH is 2. The second-order valence-electron chi connectivity index (χ2n) is 11.9. The molecule has 6 atom stereocenters. The molecule has 6 rings (SSSR count). The minimum absolute atomic E-state index is 0.0225. The number of rotatable bonds is 10. The molecule has 1 aromatic carbocycles. The highest BCUT2D eigenvalue weighted by Gasteiger charge is 2.71. The van der Waals surface area contributed by atoms with E-state index in [9.17, 15) is 29.7 Å². The SMILES string of the molecule is C[C@H](O)C(=O)NCCC(=O)N[C@@H](Cc1c[nH]cn1)C(=O)OC1=CC[C@@]2(O)[C@H]3Cc4ccc(CO)c5c4[C@@]2(CCN3C)[C@H]1O5. The molecule has 3 heterocycles. The molecular weight excluding hydrogens is 558 g/mol. The summed E-state index contributed by atoms with van der Waals surface area (Å²) >= 11 is 0. The predicted octanol–water partition coefficient (Wildman–Crippen LogP) is -0.662. The number of likely N-dealkylation sites (tertiary alicyclic amines) is 1. The van der Waals surface area contributed by atoms with Crippen LogP contribution in [0.4, 0.5) is 0 Å². The van der Waals surface area contributed by atoms with Gasteiger partial charge in [0.15, 0.2) is 6.10 Å². The second kappa shape index (κ2) is 11.1. The van der Waals surface area contributed by atoms with E-state index in [0.717, 1.165) is 11.1 Å². The van der Waals surface area contributed by atoms with Gasteiger partial charge >= 0.3 is 5.97 Å². The summed E-state index contributed by atoms with van der Waals surface area (Å²) in [6.45, 7) is 1.77. The van der Waals surface area contributed by atoms with Crippen molar-refractivity contribution in [3.8, 4) is 5.75 Å². The number of hydrogen-bond donors (Lipinski definition) is 6. The summed E-state index contributed by atoms with van der Waals surface area (Å²) < 4.78 is 12.5. The number of carbonyl (C=O) groups excluding carboxylic acids is 3. The molecule has 1 spiro atoms. The Morgan fingerprint density at radius 3 is 2.86 bits per heavy atom. The Morgan fingerprint density at radius 1 is 1.33 bits per heavy atom. The first-order chi connectivity index (χ1) is 20.6. The largest absolute Gasteiger partial charge is 0.481 e. The molecule has 4 aliphatic rings. The fraction of sp³-hybridized carbons (Fsp3) is 0.533.